The van der Waals surface area contributed by atoms with Crippen LogP contribution < -0.4 is 11.3 Å². The summed E-state index contributed by atoms with van der Waals surface area (Å²) in [6, 6.07) is 0. The predicted molar refractivity (Wildman–Crippen MR) is 35.0 cm³/mol. The van der Waals surface area contributed by atoms with Gasteiger partial charge in [-0.2, -0.15) is 0 Å². The Balaban J connectivity index is 4.12. The molecule has 0 aromatic carbocycles. The molecule has 6 nitrogen and oxygen atoms in total. The normalized spacial score (nSPS) is 15.3. The number of Topliss-reactive ketones (excluding diaryl/α,β-unsaturated/α-hetero) is 1. The lowest BCUT2D eigenvalue weighted by Crippen LogP contribution is -2.47. The van der Waals surface area contributed by atoms with E-state index >= 15 is 0 Å². The molecule has 0 saturated heterocycles. The van der Waals surface area contributed by atoms with E-state index < -0.39 is 23.9 Å². The van der Waals surface area contributed by atoms with Gasteiger partial charge in [-0.15, -0.1) is 0 Å². The van der Waals surface area contributed by atoms with Crippen LogP contribution in [0.15, 0.2) is 0 Å². The zero-order chi connectivity index (χ0) is 9.02. The molecule has 5 N–H and O–H groups in total. The smallest absolute Gasteiger partial charge is 0.265 e. The molecule has 0 aliphatic heterocycles. The molecule has 0 rings (SSSR count). The number of amides is 1. The van der Waals surface area contributed by atoms with Crippen molar-refractivity contribution in [3.63, 3.8) is 0 Å². The molecule has 11 heavy (non-hydrogen) atoms. The third kappa shape index (κ3) is 2.62. The number of nitrogens with one attached hydrogen (secondary N) is 1. The topological polar surface area (TPSA) is 113 Å². The van der Waals surface area contributed by atoms with E-state index in [-0.39, 0.29) is 0 Å². The number of rotatable bonds is 3. The molecule has 64 valence electrons. The first-order valence-corrected chi connectivity index (χ1v) is 2.87. The van der Waals surface area contributed by atoms with E-state index in [0.717, 1.165) is 6.92 Å². The first-order chi connectivity index (χ1) is 5.00. The van der Waals surface area contributed by atoms with Gasteiger partial charge in [0, 0.05) is 0 Å². The maximum atomic E-state index is 10.5. The van der Waals surface area contributed by atoms with Crippen LogP contribution in [0, 0.1) is 0 Å². The fourth-order valence-corrected chi connectivity index (χ4v) is 0.451. The van der Waals surface area contributed by atoms with Gasteiger partial charge in [-0.3, -0.25) is 15.0 Å². The van der Waals surface area contributed by atoms with Crippen LogP contribution in [-0.4, -0.2) is 34.1 Å². The maximum Gasteiger partial charge on any atom is 0.265 e. The minimum absolute atomic E-state index is 0.693. The molecule has 0 spiro atoms. The monoisotopic (exact) mass is 162 g/mol. The standard InChI is InChI=1S/C5H10N2O4/c1-2(8)3(9)4(10)5(11)7-6/h3-4,9-10H,6H2,1H3,(H,7,11)/t3-,4+/m0/s1. The average molecular weight is 162 g/mol. The third-order valence-corrected chi connectivity index (χ3v) is 1.13. The number of carbonyl (C=O) groups excluding carboxylic acids is 2. The molecule has 0 unspecified atom stereocenters. The Kier molecular flexibility index (Phi) is 3.66. The van der Waals surface area contributed by atoms with Crippen LogP contribution in [0.3, 0.4) is 0 Å². The van der Waals surface area contributed by atoms with Gasteiger partial charge in [-0.25, -0.2) is 5.84 Å². The minimum atomic E-state index is -1.79. The third-order valence-electron chi connectivity index (χ3n) is 1.13. The van der Waals surface area contributed by atoms with Gasteiger partial charge in [-0.05, 0) is 6.92 Å². The highest BCUT2D eigenvalue weighted by Crippen LogP contribution is 1.93. The molecule has 0 aliphatic carbocycles. The Morgan fingerprint density at radius 2 is 1.82 bits per heavy atom. The van der Waals surface area contributed by atoms with E-state index in [0.29, 0.717) is 0 Å². The zero-order valence-electron chi connectivity index (χ0n) is 5.94. The van der Waals surface area contributed by atoms with E-state index in [1.54, 1.807) is 5.43 Å². The highest BCUT2D eigenvalue weighted by molar-refractivity contribution is 5.90. The fourth-order valence-electron chi connectivity index (χ4n) is 0.451. The van der Waals surface area contributed by atoms with Gasteiger partial charge >= 0.3 is 0 Å². The van der Waals surface area contributed by atoms with E-state index in [9.17, 15) is 9.59 Å². The molecule has 1 amide bonds. The van der Waals surface area contributed by atoms with Gasteiger partial charge in [0.05, 0.1) is 0 Å². The first kappa shape index (κ1) is 10.0. The largest absolute Gasteiger partial charge is 0.382 e. The first-order valence-electron chi connectivity index (χ1n) is 2.87. The molecule has 2 atom stereocenters. The Labute approximate surface area is 63.0 Å². The number of aliphatic hydroxyl groups is 2. The second-order valence-corrected chi connectivity index (χ2v) is 2.01. The molecular weight excluding hydrogens is 152 g/mol. The number of aliphatic hydroxyl groups excluding tert-OH is 2. The van der Waals surface area contributed by atoms with Crippen LogP contribution in [-0.2, 0) is 9.59 Å². The highest BCUT2D eigenvalue weighted by Gasteiger charge is 2.26. The molecular formula is C5H10N2O4. The molecule has 0 aliphatic rings. The van der Waals surface area contributed by atoms with Crippen LogP contribution in [0.4, 0.5) is 0 Å². The zero-order valence-corrected chi connectivity index (χ0v) is 5.94. The summed E-state index contributed by atoms with van der Waals surface area (Å²) in [6.07, 6.45) is -3.50. The molecule has 0 fully saturated rings. The van der Waals surface area contributed by atoms with Crippen LogP contribution in [0.1, 0.15) is 6.92 Å². The molecule has 0 bridgehead atoms. The van der Waals surface area contributed by atoms with Crippen molar-refractivity contribution in [1.29, 1.82) is 0 Å². The van der Waals surface area contributed by atoms with Gasteiger partial charge in [0.2, 0.25) is 0 Å². The van der Waals surface area contributed by atoms with Crippen LogP contribution in [0.2, 0.25) is 0 Å². The minimum Gasteiger partial charge on any atom is -0.382 e. The van der Waals surface area contributed by atoms with Crippen molar-refractivity contribution in [2.24, 2.45) is 5.84 Å². The maximum absolute atomic E-state index is 10.5. The quantitative estimate of drug-likeness (QED) is 0.205. The van der Waals surface area contributed by atoms with E-state index in [1.807, 2.05) is 0 Å². The fraction of sp³-hybridized carbons (Fsp3) is 0.600. The number of nitrogens with two attached hydrogens (primary N) is 1. The van der Waals surface area contributed by atoms with Crippen molar-refractivity contribution in [2.45, 2.75) is 19.1 Å². The van der Waals surface area contributed by atoms with Crippen LogP contribution in [0.25, 0.3) is 0 Å². The van der Waals surface area contributed by atoms with Crippen molar-refractivity contribution >= 4 is 11.7 Å². The molecule has 0 heterocycles. The molecule has 0 aromatic rings. The lowest BCUT2D eigenvalue weighted by atomic mass is 10.1. The second kappa shape index (κ2) is 4.02. The van der Waals surface area contributed by atoms with Crippen molar-refractivity contribution < 1.29 is 19.8 Å². The molecule has 0 saturated carbocycles. The number of carbonyl (C=O) groups is 2. The number of hydrogen-bond acceptors (Lipinski definition) is 5. The summed E-state index contributed by atoms with van der Waals surface area (Å²) >= 11 is 0. The van der Waals surface area contributed by atoms with Gasteiger partial charge < -0.3 is 10.2 Å². The van der Waals surface area contributed by atoms with Crippen molar-refractivity contribution in [3.8, 4) is 0 Å². The predicted octanol–water partition coefficient (Wildman–Crippen LogP) is -2.71. The number of hydrogen-bond donors (Lipinski definition) is 4. The molecule has 0 aromatic heterocycles. The summed E-state index contributed by atoms with van der Waals surface area (Å²) in [4.78, 5) is 20.8. The average Bonchev–Trinajstić information content (AvgIpc) is 2.00. The summed E-state index contributed by atoms with van der Waals surface area (Å²) in [6.45, 7) is 1.05. The number of hydrazine groups is 1. The van der Waals surface area contributed by atoms with Gasteiger partial charge in [0.1, 0.15) is 6.10 Å². The molecule has 0 radical (unpaired) electrons. The highest BCUT2D eigenvalue weighted by atomic mass is 16.3. The number of ketones is 1. The van der Waals surface area contributed by atoms with Crippen LogP contribution >= 0.6 is 0 Å². The van der Waals surface area contributed by atoms with E-state index in [2.05, 4.69) is 5.84 Å². The summed E-state index contributed by atoms with van der Waals surface area (Å²) < 4.78 is 0. The Morgan fingerprint density at radius 3 is 2.09 bits per heavy atom. The van der Waals surface area contributed by atoms with Crippen molar-refractivity contribution in [3.05, 3.63) is 0 Å². The van der Waals surface area contributed by atoms with Gasteiger partial charge in [-0.1, -0.05) is 0 Å². The van der Waals surface area contributed by atoms with Gasteiger partial charge in [0.15, 0.2) is 11.9 Å². The van der Waals surface area contributed by atoms with Crippen molar-refractivity contribution in [1.82, 2.24) is 5.43 Å². The van der Waals surface area contributed by atoms with Crippen molar-refractivity contribution in [2.75, 3.05) is 0 Å². The summed E-state index contributed by atoms with van der Waals surface area (Å²) in [5.41, 5.74) is 1.60. The lowest BCUT2D eigenvalue weighted by Gasteiger charge is -2.12. The van der Waals surface area contributed by atoms with Crippen LogP contribution in [0.5, 0.6) is 0 Å². The second-order valence-electron chi connectivity index (χ2n) is 2.01. The summed E-state index contributed by atoms with van der Waals surface area (Å²) in [5.74, 6) is 2.94. The summed E-state index contributed by atoms with van der Waals surface area (Å²) in [5, 5.41) is 17.6. The van der Waals surface area contributed by atoms with E-state index in [4.69, 9.17) is 10.2 Å². The SMILES string of the molecule is CC(=O)[C@H](O)[C@@H](O)C(=O)NN. The Hall–Kier alpha value is -0.980. The molecule has 6 heteroatoms. The lowest BCUT2D eigenvalue weighted by molar-refractivity contribution is -0.143. The Bertz CT molecular complexity index is 170. The Morgan fingerprint density at radius 1 is 1.36 bits per heavy atom. The summed E-state index contributed by atoms with van der Waals surface area (Å²) in [7, 11) is 0. The van der Waals surface area contributed by atoms with E-state index in [1.165, 1.54) is 0 Å². The van der Waals surface area contributed by atoms with Gasteiger partial charge in [0.25, 0.3) is 5.91 Å².